The van der Waals surface area contributed by atoms with Gasteiger partial charge < -0.3 is 24.1 Å². The first-order valence-electron chi connectivity index (χ1n) is 7.15. The molecule has 1 aliphatic heterocycles. The number of carbonyl (C=O) groups is 1. The van der Waals surface area contributed by atoms with E-state index in [1.807, 2.05) is 6.07 Å². The zero-order chi connectivity index (χ0) is 16.1. The number of ketones is 1. The van der Waals surface area contributed by atoms with Crippen molar-refractivity contribution in [3.05, 3.63) is 48.0 Å². The predicted molar refractivity (Wildman–Crippen MR) is 81.3 cm³/mol. The lowest BCUT2D eigenvalue weighted by Crippen LogP contribution is -2.13. The highest BCUT2D eigenvalue weighted by atomic mass is 16.7. The molecule has 2 aromatic rings. The van der Waals surface area contributed by atoms with E-state index in [-0.39, 0.29) is 43.9 Å². The Kier molecular flexibility index (Phi) is 4.63. The molecule has 0 fully saturated rings. The van der Waals surface area contributed by atoms with Gasteiger partial charge in [-0.15, -0.1) is 0 Å². The number of benzene rings is 2. The first-order valence-corrected chi connectivity index (χ1v) is 7.15. The summed E-state index contributed by atoms with van der Waals surface area (Å²) in [6, 6.07) is 11.9. The molecule has 0 radical (unpaired) electrons. The molecule has 1 heterocycles. The molecule has 1 aliphatic rings. The predicted octanol–water partition coefficient (Wildman–Crippen LogP) is 2.40. The van der Waals surface area contributed by atoms with Gasteiger partial charge in [0.1, 0.15) is 13.2 Å². The number of ether oxygens (including phenoxy) is 4. The van der Waals surface area contributed by atoms with Gasteiger partial charge in [-0.3, -0.25) is 4.79 Å². The third-order valence-electron chi connectivity index (χ3n) is 3.27. The molecule has 6 nitrogen and oxygen atoms in total. The minimum atomic E-state index is -0.0865. The molecule has 0 amide bonds. The molecule has 0 aliphatic carbocycles. The van der Waals surface area contributed by atoms with Gasteiger partial charge in [0.25, 0.3) is 0 Å². The topological polar surface area (TPSA) is 74.2 Å². The SMILES string of the molecule is O=C(COCCOc1cc2c(cc1O)OCO2)c1ccccc1. The summed E-state index contributed by atoms with van der Waals surface area (Å²) in [6.45, 7) is 0.547. The van der Waals surface area contributed by atoms with Crippen LogP contribution in [0.3, 0.4) is 0 Å². The summed E-state index contributed by atoms with van der Waals surface area (Å²) < 4.78 is 21.1. The fourth-order valence-corrected chi connectivity index (χ4v) is 2.11. The molecule has 0 atom stereocenters. The third-order valence-corrected chi connectivity index (χ3v) is 3.27. The van der Waals surface area contributed by atoms with Gasteiger partial charge in [0.2, 0.25) is 6.79 Å². The Labute approximate surface area is 133 Å². The number of hydrogen-bond acceptors (Lipinski definition) is 6. The molecule has 0 unspecified atom stereocenters. The average Bonchev–Trinajstić information content (AvgIpc) is 3.02. The number of fused-ring (bicyclic) bond motifs is 1. The Bertz CT molecular complexity index is 683. The lowest BCUT2D eigenvalue weighted by molar-refractivity contribution is 0.0685. The van der Waals surface area contributed by atoms with E-state index in [1.54, 1.807) is 30.3 Å². The summed E-state index contributed by atoms with van der Waals surface area (Å²) in [5.74, 6) is 1.18. The quantitative estimate of drug-likeness (QED) is 0.624. The maximum Gasteiger partial charge on any atom is 0.231 e. The molecular weight excluding hydrogens is 300 g/mol. The van der Waals surface area contributed by atoms with Gasteiger partial charge in [0.15, 0.2) is 28.8 Å². The lowest BCUT2D eigenvalue weighted by atomic mass is 10.1. The van der Waals surface area contributed by atoms with Crippen molar-refractivity contribution in [2.75, 3.05) is 26.6 Å². The maximum atomic E-state index is 11.8. The molecule has 1 N–H and O–H groups in total. The minimum absolute atomic E-state index is 0.0134. The molecule has 120 valence electrons. The van der Waals surface area contributed by atoms with Crippen LogP contribution in [-0.4, -0.2) is 37.5 Å². The summed E-state index contributed by atoms with van der Waals surface area (Å²) in [7, 11) is 0. The van der Waals surface area contributed by atoms with Gasteiger partial charge in [0, 0.05) is 17.7 Å². The first kappa shape index (κ1) is 15.2. The number of rotatable bonds is 7. The Balaban J connectivity index is 1.43. The van der Waals surface area contributed by atoms with E-state index in [4.69, 9.17) is 18.9 Å². The number of carbonyl (C=O) groups excluding carboxylic acids is 1. The number of phenols is 1. The van der Waals surface area contributed by atoms with Crippen LogP contribution in [0.25, 0.3) is 0 Å². The molecular formula is C17H16O6. The Morgan fingerprint density at radius 1 is 1.09 bits per heavy atom. The maximum absolute atomic E-state index is 11.8. The highest BCUT2D eigenvalue weighted by Crippen LogP contribution is 2.41. The van der Waals surface area contributed by atoms with E-state index >= 15 is 0 Å². The molecule has 0 saturated heterocycles. The van der Waals surface area contributed by atoms with E-state index in [0.717, 1.165) is 0 Å². The van der Waals surface area contributed by atoms with Crippen molar-refractivity contribution in [1.29, 1.82) is 0 Å². The molecule has 0 spiro atoms. The van der Waals surface area contributed by atoms with Gasteiger partial charge in [-0.2, -0.15) is 0 Å². The van der Waals surface area contributed by atoms with Gasteiger partial charge in [-0.05, 0) is 0 Å². The van der Waals surface area contributed by atoms with Crippen molar-refractivity contribution in [3.63, 3.8) is 0 Å². The molecule has 0 saturated carbocycles. The van der Waals surface area contributed by atoms with Crippen LogP contribution in [-0.2, 0) is 4.74 Å². The molecule has 3 rings (SSSR count). The van der Waals surface area contributed by atoms with Crippen LogP contribution < -0.4 is 14.2 Å². The van der Waals surface area contributed by atoms with Crippen molar-refractivity contribution in [1.82, 2.24) is 0 Å². The molecule has 23 heavy (non-hydrogen) atoms. The Hall–Kier alpha value is -2.73. The number of aromatic hydroxyl groups is 1. The summed E-state index contributed by atoms with van der Waals surface area (Å²) in [5.41, 5.74) is 0.613. The van der Waals surface area contributed by atoms with Gasteiger partial charge in [-0.1, -0.05) is 30.3 Å². The second kappa shape index (κ2) is 7.02. The van der Waals surface area contributed by atoms with Crippen LogP contribution in [0.1, 0.15) is 10.4 Å². The monoisotopic (exact) mass is 316 g/mol. The number of phenolic OH excluding ortho intramolecular Hbond substituents is 1. The van der Waals surface area contributed by atoms with Crippen molar-refractivity contribution < 1.29 is 28.8 Å². The summed E-state index contributed by atoms with van der Waals surface area (Å²) in [4.78, 5) is 11.8. The van der Waals surface area contributed by atoms with Gasteiger partial charge in [-0.25, -0.2) is 0 Å². The smallest absolute Gasteiger partial charge is 0.231 e. The summed E-state index contributed by atoms with van der Waals surface area (Å²) in [5, 5.41) is 9.81. The largest absolute Gasteiger partial charge is 0.504 e. The second-order valence-electron chi connectivity index (χ2n) is 4.86. The van der Waals surface area contributed by atoms with Crippen LogP contribution in [0.4, 0.5) is 0 Å². The highest BCUT2D eigenvalue weighted by molar-refractivity contribution is 5.96. The average molecular weight is 316 g/mol. The molecule has 0 bridgehead atoms. The van der Waals surface area contributed by atoms with E-state index < -0.39 is 0 Å². The molecule has 2 aromatic carbocycles. The third kappa shape index (κ3) is 3.73. The van der Waals surface area contributed by atoms with Crippen LogP contribution in [0, 0.1) is 0 Å². The normalized spacial score (nSPS) is 12.2. The minimum Gasteiger partial charge on any atom is -0.504 e. The fraction of sp³-hybridized carbons (Fsp3) is 0.235. The molecule has 0 aromatic heterocycles. The molecule has 6 heteroatoms. The number of Topliss-reactive ketones (excluding diaryl/α,β-unsaturated/α-hetero) is 1. The van der Waals surface area contributed by atoms with Gasteiger partial charge >= 0.3 is 0 Å². The van der Waals surface area contributed by atoms with Crippen molar-refractivity contribution in [2.45, 2.75) is 0 Å². The van der Waals surface area contributed by atoms with Crippen molar-refractivity contribution >= 4 is 5.78 Å². The van der Waals surface area contributed by atoms with Crippen LogP contribution in [0.5, 0.6) is 23.0 Å². The second-order valence-corrected chi connectivity index (χ2v) is 4.86. The first-order chi connectivity index (χ1) is 11.2. The highest BCUT2D eigenvalue weighted by Gasteiger charge is 2.17. The lowest BCUT2D eigenvalue weighted by Gasteiger charge is -2.09. The summed E-state index contributed by atoms with van der Waals surface area (Å²) in [6.07, 6.45) is 0. The van der Waals surface area contributed by atoms with E-state index in [2.05, 4.69) is 0 Å². The number of hydrogen-bond donors (Lipinski definition) is 1. The van der Waals surface area contributed by atoms with E-state index in [9.17, 15) is 9.90 Å². The van der Waals surface area contributed by atoms with Crippen LogP contribution >= 0.6 is 0 Å². The van der Waals surface area contributed by atoms with E-state index in [1.165, 1.54) is 6.07 Å². The van der Waals surface area contributed by atoms with Gasteiger partial charge in [0.05, 0.1) is 6.61 Å². The fourth-order valence-electron chi connectivity index (χ4n) is 2.11. The van der Waals surface area contributed by atoms with Crippen molar-refractivity contribution in [3.8, 4) is 23.0 Å². The van der Waals surface area contributed by atoms with Crippen LogP contribution in [0.15, 0.2) is 42.5 Å². The summed E-state index contributed by atoms with van der Waals surface area (Å²) >= 11 is 0. The zero-order valence-electron chi connectivity index (χ0n) is 12.4. The Morgan fingerprint density at radius 2 is 1.83 bits per heavy atom. The standard InChI is InChI=1S/C17H16O6/c18-13-8-16-17(23-11-22-16)9-15(13)21-7-6-20-10-14(19)12-4-2-1-3-5-12/h1-5,8-9,18H,6-7,10-11H2. The van der Waals surface area contributed by atoms with Crippen LogP contribution in [0.2, 0.25) is 0 Å². The van der Waals surface area contributed by atoms with Crippen molar-refractivity contribution in [2.24, 2.45) is 0 Å². The van der Waals surface area contributed by atoms with E-state index in [0.29, 0.717) is 17.1 Å². The zero-order valence-corrected chi connectivity index (χ0v) is 12.4. The Morgan fingerprint density at radius 3 is 2.61 bits per heavy atom.